The summed E-state index contributed by atoms with van der Waals surface area (Å²) in [5.41, 5.74) is -0.651. The van der Waals surface area contributed by atoms with E-state index in [-0.39, 0.29) is 23.8 Å². The van der Waals surface area contributed by atoms with Crippen molar-refractivity contribution in [3.05, 3.63) is 59.7 Å². The molecule has 1 aliphatic heterocycles. The predicted molar refractivity (Wildman–Crippen MR) is 98.9 cm³/mol. The van der Waals surface area contributed by atoms with E-state index in [0.29, 0.717) is 5.69 Å². The molecule has 2 aromatic carbocycles. The van der Waals surface area contributed by atoms with E-state index in [9.17, 15) is 27.9 Å². The maximum Gasteiger partial charge on any atom is 0.416 e. The van der Waals surface area contributed by atoms with Gasteiger partial charge in [-0.3, -0.25) is 9.59 Å². The zero-order chi connectivity index (χ0) is 20.3. The number of aliphatic hydroxyl groups is 1. The second-order valence-electron chi connectivity index (χ2n) is 6.14. The number of hydrogen-bond donors (Lipinski definition) is 2. The van der Waals surface area contributed by atoms with Crippen molar-refractivity contribution in [3.63, 3.8) is 0 Å². The van der Waals surface area contributed by atoms with Crippen molar-refractivity contribution in [2.45, 2.75) is 17.2 Å². The molecular weight excluding hydrogens is 393 g/mol. The van der Waals surface area contributed by atoms with Gasteiger partial charge in [-0.2, -0.15) is 13.2 Å². The van der Waals surface area contributed by atoms with Crippen LogP contribution < -0.4 is 10.2 Å². The van der Waals surface area contributed by atoms with Crippen LogP contribution in [0.4, 0.5) is 18.9 Å². The Morgan fingerprint density at radius 3 is 2.61 bits per heavy atom. The third-order valence-electron chi connectivity index (χ3n) is 4.23. The molecule has 1 aliphatic rings. The summed E-state index contributed by atoms with van der Waals surface area (Å²) < 4.78 is 39.2. The van der Waals surface area contributed by atoms with Crippen molar-refractivity contribution >= 4 is 29.3 Å². The summed E-state index contributed by atoms with van der Waals surface area (Å²) in [7, 11) is 0. The molecule has 1 unspecified atom stereocenters. The van der Waals surface area contributed by atoms with Gasteiger partial charge < -0.3 is 15.3 Å². The highest BCUT2D eigenvalue weighted by molar-refractivity contribution is 8.00. The number of benzene rings is 2. The maximum absolute atomic E-state index is 13.1. The van der Waals surface area contributed by atoms with Crippen molar-refractivity contribution in [1.29, 1.82) is 0 Å². The molecule has 0 radical (unpaired) electrons. The number of carbonyl (C=O) groups excluding carboxylic acids is 2. The lowest BCUT2D eigenvalue weighted by atomic mass is 10.0. The summed E-state index contributed by atoms with van der Waals surface area (Å²) in [6.45, 7) is -0.672. The molecule has 3 rings (SSSR count). The highest BCUT2D eigenvalue weighted by atomic mass is 32.2. The molecule has 2 N–H and O–H groups in total. The van der Waals surface area contributed by atoms with Crippen LogP contribution in [0.3, 0.4) is 0 Å². The van der Waals surface area contributed by atoms with Crippen molar-refractivity contribution in [1.82, 2.24) is 5.32 Å². The Hall–Kier alpha value is -2.52. The summed E-state index contributed by atoms with van der Waals surface area (Å²) in [5.74, 6) is -0.605. The van der Waals surface area contributed by atoms with E-state index >= 15 is 0 Å². The summed E-state index contributed by atoms with van der Waals surface area (Å²) in [5, 5.41) is 12.5. The Kier molecular flexibility index (Phi) is 5.95. The number of para-hydroxylation sites is 1. The SMILES string of the molecule is O=C(CN1C(=O)CSc2ccccc21)NCC(O)c1ccccc1C(F)(F)F. The molecule has 0 fully saturated rings. The number of hydrogen-bond acceptors (Lipinski definition) is 4. The number of thioether (sulfide) groups is 1. The van der Waals surface area contributed by atoms with Gasteiger partial charge in [-0.1, -0.05) is 30.3 Å². The van der Waals surface area contributed by atoms with E-state index in [4.69, 9.17) is 0 Å². The van der Waals surface area contributed by atoms with Crippen molar-refractivity contribution in [2.75, 3.05) is 23.7 Å². The average Bonchev–Trinajstić information content (AvgIpc) is 2.67. The van der Waals surface area contributed by atoms with Gasteiger partial charge in [0.1, 0.15) is 6.54 Å². The molecule has 148 valence electrons. The molecule has 1 heterocycles. The Morgan fingerprint density at radius 2 is 1.86 bits per heavy atom. The van der Waals surface area contributed by atoms with Crippen molar-refractivity contribution in [2.24, 2.45) is 0 Å². The van der Waals surface area contributed by atoms with Crippen LogP contribution >= 0.6 is 11.8 Å². The number of nitrogens with zero attached hydrogens (tertiary/aromatic N) is 1. The van der Waals surface area contributed by atoms with E-state index in [1.807, 2.05) is 12.1 Å². The largest absolute Gasteiger partial charge is 0.416 e. The number of amides is 2. The number of nitrogens with one attached hydrogen (secondary N) is 1. The normalized spacial score (nSPS) is 15.1. The third kappa shape index (κ3) is 4.48. The standard InChI is InChI=1S/C19H17F3N2O3S/c20-19(21,22)13-6-2-1-5-12(13)15(25)9-23-17(26)10-24-14-7-3-4-8-16(14)28-11-18(24)27/h1-8,15,25H,9-11H2,(H,23,26). The highest BCUT2D eigenvalue weighted by Crippen LogP contribution is 2.35. The van der Waals surface area contributed by atoms with Crippen LogP contribution in [-0.4, -0.2) is 35.8 Å². The molecule has 0 aliphatic carbocycles. The van der Waals surface area contributed by atoms with Gasteiger partial charge in [0.2, 0.25) is 11.8 Å². The molecule has 0 saturated carbocycles. The zero-order valence-electron chi connectivity index (χ0n) is 14.6. The second-order valence-corrected chi connectivity index (χ2v) is 7.16. The van der Waals surface area contributed by atoms with Gasteiger partial charge in [-0.15, -0.1) is 11.8 Å². The van der Waals surface area contributed by atoms with Crippen molar-refractivity contribution in [3.8, 4) is 0 Å². The van der Waals surface area contributed by atoms with Crippen LogP contribution in [0.15, 0.2) is 53.4 Å². The number of rotatable bonds is 5. The van der Waals surface area contributed by atoms with E-state index in [0.717, 1.165) is 11.0 Å². The number of fused-ring (bicyclic) bond motifs is 1. The quantitative estimate of drug-likeness (QED) is 0.795. The fraction of sp³-hybridized carbons (Fsp3) is 0.263. The number of anilines is 1. The smallest absolute Gasteiger partial charge is 0.387 e. The minimum Gasteiger partial charge on any atom is -0.387 e. The van der Waals surface area contributed by atoms with Gasteiger partial charge in [0, 0.05) is 11.4 Å². The van der Waals surface area contributed by atoms with Gasteiger partial charge in [0.25, 0.3) is 0 Å². The number of carbonyl (C=O) groups is 2. The van der Waals surface area contributed by atoms with Gasteiger partial charge >= 0.3 is 6.18 Å². The molecule has 2 aromatic rings. The minimum atomic E-state index is -4.61. The van der Waals surface area contributed by atoms with Gasteiger partial charge in [-0.25, -0.2) is 0 Å². The van der Waals surface area contributed by atoms with E-state index in [1.54, 1.807) is 12.1 Å². The Labute approximate surface area is 163 Å². The highest BCUT2D eigenvalue weighted by Gasteiger charge is 2.34. The lowest BCUT2D eigenvalue weighted by molar-refractivity contribution is -0.139. The summed E-state index contributed by atoms with van der Waals surface area (Å²) in [6, 6.07) is 11.8. The Bertz CT molecular complexity index is 889. The lowest BCUT2D eigenvalue weighted by Crippen LogP contribution is -2.44. The maximum atomic E-state index is 13.1. The van der Waals surface area contributed by atoms with Gasteiger partial charge in [0.15, 0.2) is 0 Å². The first kappa shape index (κ1) is 20.2. The fourth-order valence-corrected chi connectivity index (χ4v) is 3.83. The Balaban J connectivity index is 1.65. The first-order valence-electron chi connectivity index (χ1n) is 8.40. The van der Waals surface area contributed by atoms with Crippen LogP contribution in [0, 0.1) is 0 Å². The molecule has 5 nitrogen and oxygen atoms in total. The predicted octanol–water partition coefficient (Wildman–Crippen LogP) is 2.99. The first-order valence-corrected chi connectivity index (χ1v) is 9.39. The van der Waals surface area contributed by atoms with E-state index in [2.05, 4.69) is 5.32 Å². The molecule has 0 spiro atoms. The summed E-state index contributed by atoms with van der Waals surface area (Å²) in [4.78, 5) is 26.6. The summed E-state index contributed by atoms with van der Waals surface area (Å²) >= 11 is 1.38. The molecular formula is C19H17F3N2O3S. The molecule has 0 aromatic heterocycles. The number of alkyl halides is 3. The van der Waals surface area contributed by atoms with Crippen LogP contribution in [0.25, 0.3) is 0 Å². The molecule has 0 bridgehead atoms. The second kappa shape index (κ2) is 8.24. The molecule has 9 heteroatoms. The van der Waals surface area contributed by atoms with Gasteiger partial charge in [-0.05, 0) is 23.8 Å². The van der Waals surface area contributed by atoms with Crippen molar-refractivity contribution < 1.29 is 27.9 Å². The minimum absolute atomic E-state index is 0.200. The zero-order valence-corrected chi connectivity index (χ0v) is 15.4. The molecule has 1 atom stereocenters. The third-order valence-corrected chi connectivity index (χ3v) is 5.28. The van der Waals surface area contributed by atoms with Crippen LogP contribution in [0.2, 0.25) is 0 Å². The van der Waals surface area contributed by atoms with Crippen LogP contribution in [0.5, 0.6) is 0 Å². The van der Waals surface area contributed by atoms with E-state index in [1.165, 1.54) is 34.9 Å². The molecule has 0 saturated heterocycles. The topological polar surface area (TPSA) is 69.6 Å². The molecule has 28 heavy (non-hydrogen) atoms. The van der Waals surface area contributed by atoms with Crippen LogP contribution in [0.1, 0.15) is 17.2 Å². The fourth-order valence-electron chi connectivity index (χ4n) is 2.89. The summed E-state index contributed by atoms with van der Waals surface area (Å²) in [6.07, 6.45) is -6.13. The van der Waals surface area contributed by atoms with Crippen LogP contribution in [-0.2, 0) is 15.8 Å². The van der Waals surface area contributed by atoms with Gasteiger partial charge in [0.05, 0.1) is 23.1 Å². The Morgan fingerprint density at radius 1 is 1.18 bits per heavy atom. The molecule has 2 amide bonds. The van der Waals surface area contributed by atoms with E-state index < -0.39 is 30.3 Å². The average molecular weight is 410 g/mol. The lowest BCUT2D eigenvalue weighted by Gasteiger charge is -2.28. The number of halogens is 3. The number of aliphatic hydroxyl groups excluding tert-OH is 1. The first-order chi connectivity index (χ1) is 13.3. The monoisotopic (exact) mass is 410 g/mol.